The van der Waals surface area contributed by atoms with Gasteiger partial charge in [-0.25, -0.2) is 4.79 Å². The van der Waals surface area contributed by atoms with E-state index in [2.05, 4.69) is 46.8 Å². The van der Waals surface area contributed by atoms with Gasteiger partial charge in [0.05, 0.1) is 6.04 Å². The van der Waals surface area contributed by atoms with Crippen LogP contribution in [0.5, 0.6) is 0 Å². The van der Waals surface area contributed by atoms with Crippen LogP contribution in [0.4, 0.5) is 4.79 Å². The molecule has 1 unspecified atom stereocenters. The first kappa shape index (κ1) is 15.2. The highest BCUT2D eigenvalue weighted by Gasteiger charge is 2.35. The number of rotatable bonds is 2. The molecule has 128 valence electrons. The fourth-order valence-electron chi connectivity index (χ4n) is 3.91. The predicted molar refractivity (Wildman–Crippen MR) is 105 cm³/mol. The van der Waals surface area contributed by atoms with Crippen LogP contribution in [0.3, 0.4) is 0 Å². The number of primary amides is 1. The van der Waals surface area contributed by atoms with Gasteiger partial charge in [0.25, 0.3) is 0 Å². The third-order valence-electron chi connectivity index (χ3n) is 5.09. The molecule has 4 nitrogen and oxygen atoms in total. The predicted octanol–water partition coefficient (Wildman–Crippen LogP) is 4.88. The zero-order valence-corrected chi connectivity index (χ0v) is 14.8. The Kier molecular flexibility index (Phi) is 3.36. The highest BCUT2D eigenvalue weighted by atomic mass is 32.1. The van der Waals surface area contributed by atoms with Crippen LogP contribution in [-0.4, -0.2) is 15.9 Å². The highest BCUT2D eigenvalue weighted by molar-refractivity contribution is 7.13. The van der Waals surface area contributed by atoms with Crippen molar-refractivity contribution in [3.8, 4) is 10.4 Å². The summed E-state index contributed by atoms with van der Waals surface area (Å²) in [4.78, 5) is 18.5. The summed E-state index contributed by atoms with van der Waals surface area (Å²) in [5.74, 6) is 0. The average Bonchev–Trinajstić information content (AvgIpc) is 3.38. The highest BCUT2D eigenvalue weighted by Crippen LogP contribution is 2.42. The van der Waals surface area contributed by atoms with Crippen LogP contribution < -0.4 is 5.73 Å². The van der Waals surface area contributed by atoms with Crippen molar-refractivity contribution < 1.29 is 4.79 Å². The monoisotopic (exact) mass is 359 g/mol. The van der Waals surface area contributed by atoms with Crippen molar-refractivity contribution in [3.63, 3.8) is 0 Å². The van der Waals surface area contributed by atoms with Gasteiger partial charge in [0.2, 0.25) is 0 Å². The van der Waals surface area contributed by atoms with Gasteiger partial charge in [-0.05, 0) is 40.3 Å². The molecule has 1 aliphatic rings. The lowest BCUT2D eigenvalue weighted by Crippen LogP contribution is -2.34. The first-order chi connectivity index (χ1) is 12.7. The normalized spacial score (nSPS) is 16.2. The molecule has 4 aromatic rings. The van der Waals surface area contributed by atoms with Crippen LogP contribution in [0.15, 0.2) is 66.2 Å². The molecule has 0 saturated carbocycles. The Morgan fingerprint density at radius 1 is 1.12 bits per heavy atom. The van der Waals surface area contributed by atoms with E-state index in [1.165, 1.54) is 10.4 Å². The summed E-state index contributed by atoms with van der Waals surface area (Å²) in [5.41, 5.74) is 11.4. The van der Waals surface area contributed by atoms with Gasteiger partial charge in [-0.15, -0.1) is 11.3 Å². The summed E-state index contributed by atoms with van der Waals surface area (Å²) in [5, 5.41) is 3.20. The van der Waals surface area contributed by atoms with Gasteiger partial charge in [0.1, 0.15) is 0 Å². The molecule has 3 heterocycles. The Balaban J connectivity index is 1.66. The number of carbonyl (C=O) groups excluding carboxylic acids is 1. The molecule has 1 aliphatic heterocycles. The molecule has 5 rings (SSSR count). The van der Waals surface area contributed by atoms with E-state index in [0.717, 1.165) is 27.6 Å². The topological polar surface area (TPSA) is 62.1 Å². The Labute approximate surface area is 154 Å². The van der Waals surface area contributed by atoms with E-state index in [9.17, 15) is 4.79 Å². The minimum absolute atomic E-state index is 0.156. The molecule has 2 aromatic carbocycles. The summed E-state index contributed by atoms with van der Waals surface area (Å²) in [6.45, 7) is 0.536. The molecule has 2 aromatic heterocycles. The van der Waals surface area contributed by atoms with E-state index in [0.29, 0.717) is 6.54 Å². The number of hydrogen-bond donors (Lipinski definition) is 2. The number of aromatic nitrogens is 1. The van der Waals surface area contributed by atoms with Crippen LogP contribution >= 0.6 is 11.3 Å². The maximum Gasteiger partial charge on any atom is 0.315 e. The number of urea groups is 1. The van der Waals surface area contributed by atoms with Gasteiger partial charge >= 0.3 is 6.03 Å². The number of thiophene rings is 1. The van der Waals surface area contributed by atoms with Crippen molar-refractivity contribution in [2.24, 2.45) is 5.73 Å². The maximum absolute atomic E-state index is 12.2. The molecule has 1 atom stereocenters. The molecule has 0 aliphatic carbocycles. The molecule has 0 spiro atoms. The van der Waals surface area contributed by atoms with Gasteiger partial charge in [0, 0.05) is 34.1 Å². The van der Waals surface area contributed by atoms with Crippen LogP contribution in [-0.2, 0) is 6.54 Å². The first-order valence-corrected chi connectivity index (χ1v) is 9.39. The van der Waals surface area contributed by atoms with Crippen molar-refractivity contribution in [2.75, 3.05) is 0 Å². The number of para-hydroxylation sites is 1. The molecule has 0 saturated heterocycles. The van der Waals surface area contributed by atoms with Gasteiger partial charge in [-0.2, -0.15) is 0 Å². The Morgan fingerprint density at radius 3 is 2.81 bits per heavy atom. The van der Waals surface area contributed by atoms with Gasteiger partial charge < -0.3 is 15.6 Å². The van der Waals surface area contributed by atoms with Crippen molar-refractivity contribution >= 4 is 28.3 Å². The molecule has 0 bridgehead atoms. The Hall–Kier alpha value is -3.05. The number of H-pyrrole nitrogens is 1. The molecule has 0 radical (unpaired) electrons. The minimum atomic E-state index is -0.394. The van der Waals surface area contributed by atoms with Gasteiger partial charge in [-0.3, -0.25) is 0 Å². The van der Waals surface area contributed by atoms with E-state index in [-0.39, 0.29) is 6.04 Å². The summed E-state index contributed by atoms with van der Waals surface area (Å²) >= 11 is 1.72. The summed E-state index contributed by atoms with van der Waals surface area (Å²) in [6, 6.07) is 18.2. The van der Waals surface area contributed by atoms with Crippen LogP contribution in [0.1, 0.15) is 22.7 Å². The summed E-state index contributed by atoms with van der Waals surface area (Å²) < 4.78 is 0. The second kappa shape index (κ2) is 5.75. The number of fused-ring (bicyclic) bond motifs is 2. The lowest BCUT2D eigenvalue weighted by molar-refractivity contribution is 0.199. The SMILES string of the molecule is NC(=O)N1Cc2cc(-c3cccs3)ccc2C1c1c[nH]c2ccccc12. The number of amides is 2. The van der Waals surface area contributed by atoms with Crippen molar-refractivity contribution in [1.29, 1.82) is 0 Å². The van der Waals surface area contributed by atoms with Gasteiger partial charge in [-0.1, -0.05) is 36.4 Å². The second-order valence-electron chi connectivity index (χ2n) is 6.55. The van der Waals surface area contributed by atoms with Crippen LogP contribution in [0, 0.1) is 0 Å². The molecular formula is C21H17N3OS. The first-order valence-electron chi connectivity index (χ1n) is 8.51. The van der Waals surface area contributed by atoms with Crippen molar-refractivity contribution in [1.82, 2.24) is 9.88 Å². The molecule has 0 fully saturated rings. The van der Waals surface area contributed by atoms with E-state index in [1.807, 2.05) is 24.4 Å². The van der Waals surface area contributed by atoms with Crippen LogP contribution in [0.25, 0.3) is 21.3 Å². The Morgan fingerprint density at radius 2 is 2.00 bits per heavy atom. The fraction of sp³-hybridized carbons (Fsp3) is 0.0952. The lowest BCUT2D eigenvalue weighted by Gasteiger charge is -2.23. The van der Waals surface area contributed by atoms with E-state index < -0.39 is 6.03 Å². The third kappa shape index (κ3) is 2.24. The smallest absolute Gasteiger partial charge is 0.315 e. The standard InChI is InChI=1S/C21H17N3OS/c22-21(25)24-12-14-10-13(19-6-3-9-26-19)7-8-15(14)20(24)17-11-23-18-5-2-1-4-16(17)18/h1-11,20,23H,12H2,(H2,22,25). The lowest BCUT2D eigenvalue weighted by atomic mass is 9.96. The zero-order valence-electron chi connectivity index (χ0n) is 14.0. The maximum atomic E-state index is 12.2. The number of aromatic amines is 1. The zero-order chi connectivity index (χ0) is 17.7. The van der Waals surface area contributed by atoms with Gasteiger partial charge in [0.15, 0.2) is 0 Å². The molecular weight excluding hydrogens is 342 g/mol. The number of hydrogen-bond acceptors (Lipinski definition) is 2. The Bertz CT molecular complexity index is 1110. The van der Waals surface area contributed by atoms with E-state index in [4.69, 9.17) is 5.73 Å². The largest absolute Gasteiger partial charge is 0.361 e. The second-order valence-corrected chi connectivity index (χ2v) is 7.50. The number of nitrogens with zero attached hydrogens (tertiary/aromatic N) is 1. The van der Waals surface area contributed by atoms with Crippen molar-refractivity contribution in [2.45, 2.75) is 12.6 Å². The van der Waals surface area contributed by atoms with E-state index >= 15 is 0 Å². The average molecular weight is 359 g/mol. The molecule has 2 amide bonds. The summed E-state index contributed by atoms with van der Waals surface area (Å²) in [6.07, 6.45) is 1.99. The minimum Gasteiger partial charge on any atom is -0.361 e. The van der Waals surface area contributed by atoms with Crippen LogP contribution in [0.2, 0.25) is 0 Å². The number of benzene rings is 2. The number of nitrogens with two attached hydrogens (primary N) is 1. The molecule has 26 heavy (non-hydrogen) atoms. The third-order valence-corrected chi connectivity index (χ3v) is 6.01. The quantitative estimate of drug-likeness (QED) is 0.526. The summed E-state index contributed by atoms with van der Waals surface area (Å²) in [7, 11) is 0. The van der Waals surface area contributed by atoms with Crippen molar-refractivity contribution in [3.05, 3.63) is 82.9 Å². The number of carbonyl (C=O) groups is 1. The fourth-order valence-corrected chi connectivity index (χ4v) is 4.63. The molecule has 5 heteroatoms. The van der Waals surface area contributed by atoms with E-state index in [1.54, 1.807) is 16.2 Å². The number of nitrogens with one attached hydrogen (secondary N) is 1. The molecule has 3 N–H and O–H groups in total.